The summed E-state index contributed by atoms with van der Waals surface area (Å²) in [6, 6.07) is 16.8. The van der Waals surface area contributed by atoms with Crippen molar-refractivity contribution >= 4 is 55.3 Å². The van der Waals surface area contributed by atoms with E-state index in [1.807, 2.05) is 30.3 Å². The molecule has 3 aromatic carbocycles. The van der Waals surface area contributed by atoms with Crippen LogP contribution >= 0.6 is 31.9 Å². The molecule has 30 heavy (non-hydrogen) atoms. The van der Waals surface area contributed by atoms with Crippen molar-refractivity contribution in [2.75, 3.05) is 5.32 Å². The predicted octanol–water partition coefficient (Wildman–Crippen LogP) is 4.97. The van der Waals surface area contributed by atoms with Crippen LogP contribution < -0.4 is 5.32 Å². The first-order chi connectivity index (χ1) is 14.3. The Morgan fingerprint density at radius 1 is 0.900 bits per heavy atom. The van der Waals surface area contributed by atoms with Crippen LogP contribution in [0.3, 0.4) is 0 Å². The minimum absolute atomic E-state index is 0.0214. The second-order valence-electron chi connectivity index (χ2n) is 6.69. The lowest BCUT2D eigenvalue weighted by Gasteiger charge is -2.13. The fourth-order valence-corrected chi connectivity index (χ4v) is 4.37. The summed E-state index contributed by atoms with van der Waals surface area (Å²) in [5, 5.41) is 12.5. The van der Waals surface area contributed by atoms with Crippen LogP contribution in [0.5, 0.6) is 5.75 Å². The summed E-state index contributed by atoms with van der Waals surface area (Å²) in [6.45, 7) is 0.171. The zero-order chi connectivity index (χ0) is 21.4. The highest BCUT2D eigenvalue weighted by Crippen LogP contribution is 2.35. The van der Waals surface area contributed by atoms with Gasteiger partial charge in [0.25, 0.3) is 17.7 Å². The first kappa shape index (κ1) is 20.3. The average molecular weight is 530 g/mol. The molecule has 1 aliphatic heterocycles. The van der Waals surface area contributed by atoms with E-state index < -0.39 is 11.8 Å². The molecule has 0 aliphatic carbocycles. The van der Waals surface area contributed by atoms with Gasteiger partial charge in [-0.25, -0.2) is 0 Å². The summed E-state index contributed by atoms with van der Waals surface area (Å²) in [6.07, 6.45) is 0. The van der Waals surface area contributed by atoms with Crippen molar-refractivity contribution in [3.05, 3.63) is 91.9 Å². The molecule has 4 rings (SSSR count). The van der Waals surface area contributed by atoms with Gasteiger partial charge in [0.2, 0.25) is 0 Å². The van der Waals surface area contributed by atoms with E-state index >= 15 is 0 Å². The van der Waals surface area contributed by atoms with E-state index in [0.717, 1.165) is 5.56 Å². The molecule has 8 heteroatoms. The molecule has 1 heterocycles. The molecule has 0 saturated carbocycles. The van der Waals surface area contributed by atoms with Gasteiger partial charge in [-0.3, -0.25) is 19.3 Å². The van der Waals surface area contributed by atoms with Crippen LogP contribution in [0.1, 0.15) is 36.6 Å². The van der Waals surface area contributed by atoms with E-state index in [9.17, 15) is 19.5 Å². The minimum Gasteiger partial charge on any atom is -0.506 e. The van der Waals surface area contributed by atoms with Crippen LogP contribution in [-0.4, -0.2) is 27.7 Å². The molecule has 3 aromatic rings. The Balaban J connectivity index is 1.57. The largest absolute Gasteiger partial charge is 0.506 e. The van der Waals surface area contributed by atoms with E-state index in [1.54, 1.807) is 12.1 Å². The lowest BCUT2D eigenvalue weighted by atomic mass is 10.1. The van der Waals surface area contributed by atoms with Crippen molar-refractivity contribution in [1.82, 2.24) is 4.90 Å². The van der Waals surface area contributed by atoms with Gasteiger partial charge in [-0.2, -0.15) is 0 Å². The number of fused-ring (bicyclic) bond motifs is 1. The molecular formula is C22H14Br2N2O4. The van der Waals surface area contributed by atoms with Crippen LogP contribution in [0.2, 0.25) is 0 Å². The fourth-order valence-electron chi connectivity index (χ4n) is 3.18. The van der Waals surface area contributed by atoms with Crippen molar-refractivity contribution in [3.63, 3.8) is 0 Å². The zero-order valence-electron chi connectivity index (χ0n) is 15.4. The highest BCUT2D eigenvalue weighted by atomic mass is 79.9. The molecule has 0 atom stereocenters. The van der Waals surface area contributed by atoms with E-state index in [4.69, 9.17) is 0 Å². The Morgan fingerprint density at radius 3 is 2.20 bits per heavy atom. The van der Waals surface area contributed by atoms with E-state index in [1.165, 1.54) is 23.1 Å². The van der Waals surface area contributed by atoms with Crippen LogP contribution in [0.4, 0.5) is 5.69 Å². The number of imide groups is 1. The molecule has 150 valence electrons. The average Bonchev–Trinajstić information content (AvgIpc) is 2.97. The SMILES string of the molecule is O=C(Nc1cc(Br)c(O)c(Br)c1)c1ccc2c(c1)C(=O)N(Cc1ccccc1)C2=O. The van der Waals surface area contributed by atoms with Crippen LogP contribution in [0.25, 0.3) is 0 Å². The number of carbonyl (C=O) groups is 3. The molecule has 0 unspecified atom stereocenters. The van der Waals surface area contributed by atoms with Gasteiger partial charge in [0, 0.05) is 11.3 Å². The maximum atomic E-state index is 12.8. The third-order valence-corrected chi connectivity index (χ3v) is 5.90. The third kappa shape index (κ3) is 3.76. The normalized spacial score (nSPS) is 12.8. The van der Waals surface area contributed by atoms with Gasteiger partial charge >= 0.3 is 0 Å². The topological polar surface area (TPSA) is 86.7 Å². The third-order valence-electron chi connectivity index (χ3n) is 4.69. The first-order valence-corrected chi connectivity index (χ1v) is 10.5. The zero-order valence-corrected chi connectivity index (χ0v) is 18.5. The summed E-state index contributed by atoms with van der Waals surface area (Å²) < 4.78 is 0.830. The van der Waals surface area contributed by atoms with Gasteiger partial charge in [-0.15, -0.1) is 0 Å². The van der Waals surface area contributed by atoms with Crippen molar-refractivity contribution in [3.8, 4) is 5.75 Å². The number of phenolic OH excluding ortho intramolecular Hbond substituents is 1. The molecule has 1 aliphatic rings. The quantitative estimate of drug-likeness (QED) is 0.369. The van der Waals surface area contributed by atoms with Gasteiger partial charge in [-0.1, -0.05) is 30.3 Å². The van der Waals surface area contributed by atoms with Gasteiger partial charge < -0.3 is 10.4 Å². The number of rotatable bonds is 4. The molecule has 0 bridgehead atoms. The maximum absolute atomic E-state index is 12.8. The van der Waals surface area contributed by atoms with Gasteiger partial charge in [0.05, 0.1) is 26.6 Å². The highest BCUT2D eigenvalue weighted by molar-refractivity contribution is 9.11. The second kappa shape index (κ2) is 8.04. The molecule has 3 amide bonds. The standard InChI is InChI=1S/C22H14Br2N2O4/c23-17-9-14(10-18(24)19(17)27)25-20(28)13-6-7-15-16(8-13)22(30)26(21(15)29)11-12-4-2-1-3-5-12/h1-10,27H,11H2,(H,25,28). The molecule has 0 aromatic heterocycles. The lowest BCUT2D eigenvalue weighted by Crippen LogP contribution is -2.29. The molecule has 0 radical (unpaired) electrons. The second-order valence-corrected chi connectivity index (χ2v) is 8.39. The summed E-state index contributed by atoms with van der Waals surface area (Å²) >= 11 is 6.43. The van der Waals surface area contributed by atoms with Crippen LogP contribution in [-0.2, 0) is 6.54 Å². The molecule has 0 spiro atoms. The van der Waals surface area contributed by atoms with Crippen molar-refractivity contribution in [2.45, 2.75) is 6.54 Å². The first-order valence-electron chi connectivity index (χ1n) is 8.88. The number of amides is 3. The molecule has 0 fully saturated rings. The molecular weight excluding hydrogens is 516 g/mol. The Labute approximate surface area is 188 Å². The number of benzene rings is 3. The number of nitrogens with zero attached hydrogens (tertiary/aromatic N) is 1. The number of carbonyl (C=O) groups excluding carboxylic acids is 3. The Hall–Kier alpha value is -2.97. The minimum atomic E-state index is -0.441. The van der Waals surface area contributed by atoms with Crippen LogP contribution in [0, 0.1) is 0 Å². The maximum Gasteiger partial charge on any atom is 0.261 e. The van der Waals surface area contributed by atoms with Gasteiger partial charge in [0.1, 0.15) is 5.75 Å². The summed E-state index contributed by atoms with van der Waals surface area (Å²) in [5.74, 6) is -1.22. The number of phenols is 1. The molecule has 0 saturated heterocycles. The molecule has 2 N–H and O–H groups in total. The summed E-state index contributed by atoms with van der Waals surface area (Å²) in [7, 11) is 0. The van der Waals surface area contributed by atoms with E-state index in [2.05, 4.69) is 37.2 Å². The van der Waals surface area contributed by atoms with Crippen molar-refractivity contribution in [2.24, 2.45) is 0 Å². The van der Waals surface area contributed by atoms with Crippen LogP contribution in [0.15, 0.2) is 69.6 Å². The summed E-state index contributed by atoms with van der Waals surface area (Å²) in [5.41, 5.74) is 2.02. The van der Waals surface area contributed by atoms with E-state index in [-0.39, 0.29) is 34.9 Å². The van der Waals surface area contributed by atoms with Crippen molar-refractivity contribution in [1.29, 1.82) is 0 Å². The number of hydrogen-bond acceptors (Lipinski definition) is 4. The Morgan fingerprint density at radius 2 is 1.53 bits per heavy atom. The van der Waals surface area contributed by atoms with E-state index in [0.29, 0.717) is 14.6 Å². The lowest BCUT2D eigenvalue weighted by molar-refractivity contribution is 0.0642. The molecule has 6 nitrogen and oxygen atoms in total. The number of hydrogen-bond donors (Lipinski definition) is 2. The Bertz CT molecular complexity index is 1170. The Kier molecular flexibility index (Phi) is 5.44. The number of aromatic hydroxyl groups is 1. The number of halogens is 2. The predicted molar refractivity (Wildman–Crippen MR) is 119 cm³/mol. The number of nitrogens with one attached hydrogen (secondary N) is 1. The van der Waals surface area contributed by atoms with Gasteiger partial charge in [0.15, 0.2) is 0 Å². The summed E-state index contributed by atoms with van der Waals surface area (Å²) in [4.78, 5) is 39.3. The highest BCUT2D eigenvalue weighted by Gasteiger charge is 2.36. The number of anilines is 1. The fraction of sp³-hybridized carbons (Fsp3) is 0.0455. The van der Waals surface area contributed by atoms with Gasteiger partial charge in [-0.05, 0) is 67.8 Å². The smallest absolute Gasteiger partial charge is 0.261 e. The van der Waals surface area contributed by atoms with Crippen molar-refractivity contribution < 1.29 is 19.5 Å². The monoisotopic (exact) mass is 528 g/mol.